The molecular formula is C12H15N5O. The van der Waals surface area contributed by atoms with Crippen LogP contribution in [0.1, 0.15) is 22.8 Å². The van der Waals surface area contributed by atoms with Gasteiger partial charge in [-0.2, -0.15) is 5.10 Å². The van der Waals surface area contributed by atoms with Crippen molar-refractivity contribution in [1.29, 1.82) is 0 Å². The standard InChI is InChI=1S/C12H15N5O/c1-7-6-10(4-5-11(7)12(13)16-18)17-9(3)14-8(2)15-17/h4-6,18H,1-3H3,(H2,13,16). The zero-order valence-electron chi connectivity index (χ0n) is 10.5. The van der Waals surface area contributed by atoms with E-state index in [0.29, 0.717) is 5.56 Å². The third kappa shape index (κ3) is 2.04. The zero-order valence-corrected chi connectivity index (χ0v) is 10.5. The molecule has 1 aromatic heterocycles. The molecule has 0 saturated carbocycles. The summed E-state index contributed by atoms with van der Waals surface area (Å²) in [5.41, 5.74) is 8.10. The average Bonchev–Trinajstić information content (AvgIpc) is 2.67. The topological polar surface area (TPSA) is 89.3 Å². The number of benzene rings is 1. The fourth-order valence-electron chi connectivity index (χ4n) is 1.89. The molecule has 0 atom stereocenters. The van der Waals surface area contributed by atoms with Crippen molar-refractivity contribution < 1.29 is 5.21 Å². The molecule has 0 fully saturated rings. The SMILES string of the molecule is Cc1nc(C)n(-c2ccc(/C(N)=N/O)c(C)c2)n1. The molecule has 6 nitrogen and oxygen atoms in total. The Hall–Kier alpha value is -2.37. The second-order valence-electron chi connectivity index (χ2n) is 4.10. The highest BCUT2D eigenvalue weighted by molar-refractivity contribution is 5.98. The van der Waals surface area contributed by atoms with Crippen LogP contribution in [-0.4, -0.2) is 25.8 Å². The minimum Gasteiger partial charge on any atom is -0.409 e. The minimum atomic E-state index is 0.102. The Balaban J connectivity index is 2.50. The summed E-state index contributed by atoms with van der Waals surface area (Å²) in [4.78, 5) is 4.25. The van der Waals surface area contributed by atoms with E-state index in [1.807, 2.05) is 32.9 Å². The van der Waals surface area contributed by atoms with Crippen molar-refractivity contribution in [2.45, 2.75) is 20.8 Å². The quantitative estimate of drug-likeness (QED) is 0.361. The molecule has 0 unspecified atom stereocenters. The molecule has 0 amide bonds. The van der Waals surface area contributed by atoms with E-state index in [1.165, 1.54) is 0 Å². The second-order valence-corrected chi connectivity index (χ2v) is 4.10. The van der Waals surface area contributed by atoms with Crippen molar-refractivity contribution in [3.8, 4) is 5.69 Å². The molecule has 94 valence electrons. The molecule has 2 aromatic rings. The summed E-state index contributed by atoms with van der Waals surface area (Å²) < 4.78 is 1.76. The Morgan fingerprint density at radius 1 is 1.33 bits per heavy atom. The van der Waals surface area contributed by atoms with Gasteiger partial charge in [-0.25, -0.2) is 9.67 Å². The third-order valence-corrected chi connectivity index (χ3v) is 2.71. The maximum atomic E-state index is 8.68. The fraction of sp³-hybridized carbons (Fsp3) is 0.250. The second kappa shape index (κ2) is 4.48. The van der Waals surface area contributed by atoms with Gasteiger partial charge in [0.1, 0.15) is 11.6 Å². The Morgan fingerprint density at radius 3 is 2.56 bits per heavy atom. The molecule has 0 aliphatic heterocycles. The van der Waals surface area contributed by atoms with Gasteiger partial charge in [0.25, 0.3) is 0 Å². The maximum absolute atomic E-state index is 8.68. The van der Waals surface area contributed by atoms with E-state index in [1.54, 1.807) is 10.7 Å². The van der Waals surface area contributed by atoms with Gasteiger partial charge >= 0.3 is 0 Å². The first-order chi connectivity index (χ1) is 8.52. The van der Waals surface area contributed by atoms with Gasteiger partial charge in [-0.05, 0) is 44.5 Å². The summed E-state index contributed by atoms with van der Waals surface area (Å²) >= 11 is 0. The van der Waals surface area contributed by atoms with Gasteiger partial charge in [0, 0.05) is 5.56 Å². The molecule has 0 aliphatic rings. The molecule has 6 heteroatoms. The number of oxime groups is 1. The molecule has 3 N–H and O–H groups in total. The monoisotopic (exact) mass is 245 g/mol. The van der Waals surface area contributed by atoms with Crippen molar-refractivity contribution in [2.24, 2.45) is 10.9 Å². The van der Waals surface area contributed by atoms with E-state index >= 15 is 0 Å². The van der Waals surface area contributed by atoms with Crippen LogP contribution in [0.4, 0.5) is 0 Å². The van der Waals surface area contributed by atoms with Crippen molar-refractivity contribution in [2.75, 3.05) is 0 Å². The molecule has 1 aromatic carbocycles. The highest BCUT2D eigenvalue weighted by Gasteiger charge is 2.08. The average molecular weight is 245 g/mol. The smallest absolute Gasteiger partial charge is 0.170 e. The minimum absolute atomic E-state index is 0.102. The summed E-state index contributed by atoms with van der Waals surface area (Å²) in [6, 6.07) is 5.59. The number of nitrogens with two attached hydrogens (primary N) is 1. The summed E-state index contributed by atoms with van der Waals surface area (Å²) in [5.74, 6) is 1.65. The van der Waals surface area contributed by atoms with Crippen LogP contribution in [0.3, 0.4) is 0 Å². The normalized spacial score (nSPS) is 11.8. The van der Waals surface area contributed by atoms with Crippen LogP contribution in [-0.2, 0) is 0 Å². The number of aryl methyl sites for hydroxylation is 3. The summed E-state index contributed by atoms with van der Waals surface area (Å²) in [5, 5.41) is 16.0. The number of nitrogens with zero attached hydrogens (tertiary/aromatic N) is 4. The molecule has 0 saturated heterocycles. The van der Waals surface area contributed by atoms with E-state index in [9.17, 15) is 0 Å². The number of amidine groups is 1. The largest absolute Gasteiger partial charge is 0.409 e. The third-order valence-electron chi connectivity index (χ3n) is 2.71. The Morgan fingerprint density at radius 2 is 2.06 bits per heavy atom. The van der Waals surface area contributed by atoms with Gasteiger partial charge in [-0.15, -0.1) is 0 Å². The Bertz CT molecular complexity index is 615. The van der Waals surface area contributed by atoms with Crippen molar-refractivity contribution in [3.63, 3.8) is 0 Å². The molecule has 0 bridgehead atoms. The van der Waals surface area contributed by atoms with Gasteiger partial charge in [-0.3, -0.25) is 0 Å². The van der Waals surface area contributed by atoms with Crippen LogP contribution in [0.25, 0.3) is 5.69 Å². The van der Waals surface area contributed by atoms with E-state index in [0.717, 1.165) is 22.9 Å². The highest BCUT2D eigenvalue weighted by Crippen LogP contribution is 2.15. The van der Waals surface area contributed by atoms with Crippen molar-refractivity contribution >= 4 is 5.84 Å². The highest BCUT2D eigenvalue weighted by atomic mass is 16.4. The van der Waals surface area contributed by atoms with Crippen molar-refractivity contribution in [1.82, 2.24) is 14.8 Å². The van der Waals surface area contributed by atoms with Gasteiger partial charge in [0.2, 0.25) is 0 Å². The van der Waals surface area contributed by atoms with E-state index < -0.39 is 0 Å². The predicted octanol–water partition coefficient (Wildman–Crippen LogP) is 1.29. The van der Waals surface area contributed by atoms with E-state index in [4.69, 9.17) is 10.9 Å². The first-order valence-corrected chi connectivity index (χ1v) is 5.52. The van der Waals surface area contributed by atoms with E-state index in [2.05, 4.69) is 15.2 Å². The lowest BCUT2D eigenvalue weighted by molar-refractivity contribution is 0.318. The van der Waals surface area contributed by atoms with Crippen molar-refractivity contribution in [3.05, 3.63) is 41.0 Å². The molecular weight excluding hydrogens is 230 g/mol. The molecule has 2 rings (SSSR count). The molecule has 0 radical (unpaired) electrons. The summed E-state index contributed by atoms with van der Waals surface area (Å²) in [6.07, 6.45) is 0. The van der Waals surface area contributed by atoms with Crippen LogP contribution in [0.2, 0.25) is 0 Å². The molecule has 18 heavy (non-hydrogen) atoms. The van der Waals surface area contributed by atoms with Crippen LogP contribution in [0.5, 0.6) is 0 Å². The van der Waals surface area contributed by atoms with Crippen LogP contribution in [0.15, 0.2) is 23.4 Å². The summed E-state index contributed by atoms with van der Waals surface area (Å²) in [7, 11) is 0. The number of hydrogen-bond acceptors (Lipinski definition) is 4. The van der Waals surface area contributed by atoms with Gasteiger partial charge in [0.05, 0.1) is 5.69 Å². The number of rotatable bonds is 2. The van der Waals surface area contributed by atoms with Gasteiger partial charge in [-0.1, -0.05) is 5.16 Å². The number of aromatic nitrogens is 3. The first kappa shape index (κ1) is 12.1. The lowest BCUT2D eigenvalue weighted by Crippen LogP contribution is -2.15. The molecule has 0 spiro atoms. The maximum Gasteiger partial charge on any atom is 0.170 e. The van der Waals surface area contributed by atoms with Gasteiger partial charge < -0.3 is 10.9 Å². The van der Waals surface area contributed by atoms with Crippen LogP contribution < -0.4 is 5.73 Å². The fourth-order valence-corrected chi connectivity index (χ4v) is 1.89. The Labute approximate surface area is 105 Å². The van der Waals surface area contributed by atoms with Crippen LogP contribution in [0, 0.1) is 20.8 Å². The van der Waals surface area contributed by atoms with Crippen LogP contribution >= 0.6 is 0 Å². The lowest BCUT2D eigenvalue weighted by atomic mass is 10.1. The summed E-state index contributed by atoms with van der Waals surface area (Å²) in [6.45, 7) is 5.64. The number of hydrogen-bond donors (Lipinski definition) is 2. The molecule has 0 aliphatic carbocycles. The van der Waals surface area contributed by atoms with E-state index in [-0.39, 0.29) is 5.84 Å². The zero-order chi connectivity index (χ0) is 13.3. The Kier molecular flexibility index (Phi) is 3.01. The first-order valence-electron chi connectivity index (χ1n) is 5.52. The molecule has 1 heterocycles. The predicted molar refractivity (Wildman–Crippen MR) is 68.1 cm³/mol. The lowest BCUT2D eigenvalue weighted by Gasteiger charge is -2.08. The van der Waals surface area contributed by atoms with Gasteiger partial charge in [0.15, 0.2) is 5.84 Å².